The Bertz CT molecular complexity index is 1730. The molecule has 0 spiro atoms. The fourth-order valence-electron chi connectivity index (χ4n) is 4.09. The SMILES string of the molecule is C[C@@H](Nc1ccc(Cl)nc1C(=O)O)c1cc(C(F)(F)F)cn2c(=O)c(C#N)c(-c3cnc(C4CC4)nc3)nc12. The molecular formula is C25H17ClF3N7O3. The fourth-order valence-corrected chi connectivity index (χ4v) is 4.23. The van der Waals surface area contributed by atoms with Gasteiger partial charge in [-0.05, 0) is 38.0 Å². The number of aromatic nitrogens is 5. The highest BCUT2D eigenvalue weighted by Gasteiger charge is 2.34. The second-order valence-corrected chi connectivity index (χ2v) is 9.32. The maximum Gasteiger partial charge on any atom is 0.417 e. The molecule has 4 aromatic rings. The van der Waals surface area contributed by atoms with Crippen LogP contribution in [-0.4, -0.2) is 35.4 Å². The van der Waals surface area contributed by atoms with E-state index in [0.29, 0.717) is 16.4 Å². The lowest BCUT2D eigenvalue weighted by Crippen LogP contribution is -2.24. The Labute approximate surface area is 222 Å². The number of halogens is 4. The predicted octanol–water partition coefficient (Wildman–Crippen LogP) is 4.84. The van der Waals surface area contributed by atoms with Gasteiger partial charge in [-0.1, -0.05) is 11.6 Å². The van der Waals surface area contributed by atoms with Crippen molar-refractivity contribution >= 4 is 28.9 Å². The van der Waals surface area contributed by atoms with Crippen molar-refractivity contribution in [3.8, 4) is 17.3 Å². The Morgan fingerprint density at radius 2 is 1.95 bits per heavy atom. The van der Waals surface area contributed by atoms with Crippen LogP contribution in [0.1, 0.15) is 64.7 Å². The molecule has 39 heavy (non-hydrogen) atoms. The van der Waals surface area contributed by atoms with E-state index in [9.17, 15) is 33.1 Å². The number of fused-ring (bicyclic) bond motifs is 1. The van der Waals surface area contributed by atoms with Crippen LogP contribution in [0.5, 0.6) is 0 Å². The molecule has 1 atom stereocenters. The number of alkyl halides is 3. The van der Waals surface area contributed by atoms with E-state index in [0.717, 1.165) is 18.9 Å². The number of nitrogens with one attached hydrogen (secondary N) is 1. The number of nitrogens with zero attached hydrogens (tertiary/aromatic N) is 6. The van der Waals surface area contributed by atoms with Gasteiger partial charge in [0.05, 0.1) is 23.0 Å². The number of anilines is 1. The smallest absolute Gasteiger partial charge is 0.417 e. The number of carboxylic acid groups (broad SMARTS) is 1. The quantitative estimate of drug-likeness (QED) is 0.319. The van der Waals surface area contributed by atoms with Crippen LogP contribution >= 0.6 is 11.6 Å². The van der Waals surface area contributed by atoms with Crippen LogP contribution in [0.4, 0.5) is 18.9 Å². The Balaban J connectivity index is 1.71. The van der Waals surface area contributed by atoms with Crippen LogP contribution in [0.2, 0.25) is 5.15 Å². The molecule has 0 amide bonds. The zero-order chi connectivity index (χ0) is 28.1. The predicted molar refractivity (Wildman–Crippen MR) is 132 cm³/mol. The van der Waals surface area contributed by atoms with Gasteiger partial charge >= 0.3 is 12.1 Å². The van der Waals surface area contributed by atoms with Crippen molar-refractivity contribution in [2.45, 2.75) is 37.9 Å². The monoisotopic (exact) mass is 555 g/mol. The van der Waals surface area contributed by atoms with Crippen molar-refractivity contribution in [3.05, 3.63) is 80.5 Å². The molecule has 0 aliphatic heterocycles. The highest BCUT2D eigenvalue weighted by molar-refractivity contribution is 6.29. The molecule has 0 saturated heterocycles. The van der Waals surface area contributed by atoms with Crippen molar-refractivity contribution in [1.82, 2.24) is 24.3 Å². The van der Waals surface area contributed by atoms with E-state index in [-0.39, 0.29) is 39.2 Å². The molecule has 0 unspecified atom stereocenters. The number of aromatic carboxylic acids is 1. The van der Waals surface area contributed by atoms with Crippen LogP contribution in [-0.2, 0) is 6.18 Å². The first kappa shape index (κ1) is 26.1. The lowest BCUT2D eigenvalue weighted by atomic mass is 10.0. The first-order chi connectivity index (χ1) is 18.5. The molecule has 5 rings (SSSR count). The normalized spacial score (nSPS) is 14.2. The summed E-state index contributed by atoms with van der Waals surface area (Å²) in [5, 5.41) is 22.0. The Morgan fingerprint density at radius 3 is 2.54 bits per heavy atom. The number of hydrogen-bond donors (Lipinski definition) is 2. The summed E-state index contributed by atoms with van der Waals surface area (Å²) in [4.78, 5) is 41.7. The molecule has 2 N–H and O–H groups in total. The average Bonchev–Trinajstić information content (AvgIpc) is 3.74. The standard InChI is InChI=1S/C25H17ClF3N7O3/c1-11(33-17-4-5-18(26)34-20(17)24(38)39)15-6-14(25(27,28)29)10-36-22(15)35-19(16(7-30)23(36)37)13-8-31-21(32-9-13)12-2-3-12/h4-6,8-12,33H,2-3H2,1H3,(H,38,39)/t11-/m1/s1. The lowest BCUT2D eigenvalue weighted by molar-refractivity contribution is -0.137. The van der Waals surface area contributed by atoms with E-state index in [4.69, 9.17) is 11.6 Å². The molecule has 0 aromatic carbocycles. The number of nitriles is 1. The second-order valence-electron chi connectivity index (χ2n) is 8.93. The minimum absolute atomic E-state index is 0.0183. The fraction of sp³-hybridized carbons (Fsp3) is 0.240. The first-order valence-electron chi connectivity index (χ1n) is 11.5. The summed E-state index contributed by atoms with van der Waals surface area (Å²) < 4.78 is 42.1. The third-order valence-electron chi connectivity index (χ3n) is 6.18. The Morgan fingerprint density at radius 1 is 1.26 bits per heavy atom. The molecule has 1 aliphatic rings. The zero-order valence-corrected chi connectivity index (χ0v) is 20.7. The van der Waals surface area contributed by atoms with E-state index in [1.165, 1.54) is 31.5 Å². The van der Waals surface area contributed by atoms with Gasteiger partial charge in [0.2, 0.25) is 0 Å². The average molecular weight is 556 g/mol. The van der Waals surface area contributed by atoms with Gasteiger partial charge in [-0.2, -0.15) is 18.4 Å². The summed E-state index contributed by atoms with van der Waals surface area (Å²) in [7, 11) is 0. The van der Waals surface area contributed by atoms with Crippen LogP contribution in [0, 0.1) is 11.3 Å². The molecule has 0 bridgehead atoms. The van der Waals surface area contributed by atoms with Crippen molar-refractivity contribution in [2.75, 3.05) is 5.32 Å². The van der Waals surface area contributed by atoms with Crippen molar-refractivity contribution in [1.29, 1.82) is 5.26 Å². The molecule has 1 saturated carbocycles. The number of carboxylic acids is 1. The van der Waals surface area contributed by atoms with Gasteiger partial charge in [0.25, 0.3) is 5.56 Å². The van der Waals surface area contributed by atoms with Gasteiger partial charge in [0.15, 0.2) is 5.69 Å². The van der Waals surface area contributed by atoms with Crippen LogP contribution < -0.4 is 10.9 Å². The maximum atomic E-state index is 13.8. The summed E-state index contributed by atoms with van der Waals surface area (Å²) in [6, 6.07) is 4.18. The van der Waals surface area contributed by atoms with Crippen LogP contribution in [0.25, 0.3) is 16.9 Å². The summed E-state index contributed by atoms with van der Waals surface area (Å²) in [5.74, 6) is -0.540. The van der Waals surface area contributed by atoms with Gasteiger partial charge in [-0.3, -0.25) is 9.20 Å². The van der Waals surface area contributed by atoms with E-state index in [1.54, 1.807) is 6.07 Å². The van der Waals surface area contributed by atoms with Crippen molar-refractivity contribution in [3.63, 3.8) is 0 Å². The topological polar surface area (TPSA) is 146 Å². The molecule has 0 radical (unpaired) electrons. The lowest BCUT2D eigenvalue weighted by Gasteiger charge is -2.21. The molecule has 4 heterocycles. The van der Waals surface area contributed by atoms with Gasteiger partial charge < -0.3 is 10.4 Å². The van der Waals surface area contributed by atoms with Gasteiger partial charge in [-0.25, -0.2) is 24.7 Å². The molecule has 1 aliphatic carbocycles. The highest BCUT2D eigenvalue weighted by Crippen LogP contribution is 2.38. The second kappa shape index (κ2) is 9.63. The number of rotatable bonds is 6. The minimum Gasteiger partial charge on any atom is -0.476 e. The summed E-state index contributed by atoms with van der Waals surface area (Å²) in [6.07, 6.45) is 0.494. The van der Waals surface area contributed by atoms with Crippen LogP contribution in [0.3, 0.4) is 0 Å². The third-order valence-corrected chi connectivity index (χ3v) is 6.39. The van der Waals surface area contributed by atoms with Crippen LogP contribution in [0.15, 0.2) is 41.6 Å². The van der Waals surface area contributed by atoms with Gasteiger partial charge in [0.1, 0.15) is 28.3 Å². The van der Waals surface area contributed by atoms with E-state index >= 15 is 0 Å². The molecule has 10 nitrogen and oxygen atoms in total. The zero-order valence-electron chi connectivity index (χ0n) is 20.0. The summed E-state index contributed by atoms with van der Waals surface area (Å²) in [5.41, 5.74) is -3.22. The van der Waals surface area contributed by atoms with Crippen molar-refractivity contribution in [2.24, 2.45) is 0 Å². The van der Waals surface area contributed by atoms with Gasteiger partial charge in [-0.15, -0.1) is 0 Å². The first-order valence-corrected chi connectivity index (χ1v) is 11.9. The number of pyridine rings is 2. The van der Waals surface area contributed by atoms with E-state index < -0.39 is 40.6 Å². The molecule has 14 heteroatoms. The maximum absolute atomic E-state index is 13.8. The molecule has 1 fully saturated rings. The van der Waals surface area contributed by atoms with Crippen molar-refractivity contribution < 1.29 is 23.1 Å². The number of carbonyl (C=O) groups is 1. The Hall–Kier alpha value is -4.57. The summed E-state index contributed by atoms with van der Waals surface area (Å²) in [6.45, 7) is 1.47. The highest BCUT2D eigenvalue weighted by atomic mass is 35.5. The van der Waals surface area contributed by atoms with E-state index in [1.807, 2.05) is 0 Å². The molecular weight excluding hydrogens is 539 g/mol. The Kier molecular flexibility index (Phi) is 6.43. The third kappa shape index (κ3) is 4.98. The van der Waals surface area contributed by atoms with Gasteiger partial charge in [0, 0.05) is 35.6 Å². The van der Waals surface area contributed by atoms with E-state index in [2.05, 4.69) is 25.3 Å². The molecule has 4 aromatic heterocycles. The number of hydrogen-bond acceptors (Lipinski definition) is 8. The minimum atomic E-state index is -4.84. The summed E-state index contributed by atoms with van der Waals surface area (Å²) >= 11 is 5.80. The molecule has 198 valence electrons. The largest absolute Gasteiger partial charge is 0.476 e.